The second-order valence-electron chi connectivity index (χ2n) is 13.1. The molecule has 4 aromatic rings. The molecule has 0 heterocycles. The number of rotatable bonds is 4. The zero-order valence-electron chi connectivity index (χ0n) is 25.0. The molecule has 41 heavy (non-hydrogen) atoms. The van der Waals surface area contributed by atoms with E-state index in [4.69, 9.17) is 4.21 Å². The van der Waals surface area contributed by atoms with E-state index in [-0.39, 0.29) is 33.9 Å². The molecule has 0 fully saturated rings. The van der Waals surface area contributed by atoms with Gasteiger partial charge in [-0.1, -0.05) is 0 Å². The van der Waals surface area contributed by atoms with Crippen LogP contribution in [0.3, 0.4) is 0 Å². The van der Waals surface area contributed by atoms with Gasteiger partial charge in [-0.05, 0) is 0 Å². The van der Waals surface area contributed by atoms with E-state index in [2.05, 4.69) is 151 Å². The van der Waals surface area contributed by atoms with Gasteiger partial charge in [0.2, 0.25) is 0 Å². The molecule has 0 amide bonds. The Kier molecular flexibility index (Phi) is 8.54. The van der Waals surface area contributed by atoms with Crippen LogP contribution in [-0.4, -0.2) is 4.21 Å². The minimum Gasteiger partial charge on any atom is -1.00 e. The van der Waals surface area contributed by atoms with Crippen LogP contribution in [0.25, 0.3) is 11.1 Å². The maximum atomic E-state index is 5.74. The van der Waals surface area contributed by atoms with Gasteiger partial charge in [-0.25, -0.2) is 0 Å². The quantitative estimate of drug-likeness (QED) is 0.317. The number of hydrogen-bond donors (Lipinski definition) is 0. The molecule has 0 saturated carbocycles. The van der Waals surface area contributed by atoms with Crippen LogP contribution in [0.1, 0.15) is 53.6 Å². The van der Waals surface area contributed by atoms with E-state index in [9.17, 15) is 0 Å². The van der Waals surface area contributed by atoms with E-state index in [0.717, 1.165) is 0 Å². The van der Waals surface area contributed by atoms with Crippen molar-refractivity contribution in [1.29, 1.82) is 0 Å². The fourth-order valence-corrected chi connectivity index (χ4v) is 25.6. The minimum absolute atomic E-state index is 0. The summed E-state index contributed by atoms with van der Waals surface area (Å²) in [4.78, 5) is 0. The molecule has 0 spiro atoms. The van der Waals surface area contributed by atoms with Crippen molar-refractivity contribution >= 4 is 10.8 Å². The molecule has 210 valence electrons. The molecule has 1 unspecified atom stereocenters. The molecule has 0 N–H and O–H groups in total. The average Bonchev–Trinajstić information content (AvgIpc) is 3.49. The van der Waals surface area contributed by atoms with Crippen molar-refractivity contribution in [3.05, 3.63) is 140 Å². The van der Waals surface area contributed by atoms with E-state index < -0.39 is 18.3 Å². The Bertz CT molecular complexity index is 1620. The van der Waals surface area contributed by atoms with Crippen molar-refractivity contribution in [2.75, 3.05) is 0 Å². The van der Waals surface area contributed by atoms with Crippen molar-refractivity contribution < 1.29 is 43.1 Å². The van der Waals surface area contributed by atoms with E-state index in [1.54, 1.807) is 3.28 Å². The average molecular weight is 659 g/mol. The second kappa shape index (κ2) is 11.1. The monoisotopic (exact) mass is 656 g/mol. The Labute approximate surface area is 260 Å². The molecule has 6 rings (SSSR count). The molecule has 2 aliphatic rings. The molecule has 0 nitrogen and oxygen atoms in total. The van der Waals surface area contributed by atoms with Crippen LogP contribution in [0.5, 0.6) is 0 Å². The summed E-state index contributed by atoms with van der Waals surface area (Å²) in [6.07, 6.45) is 5.12. The Morgan fingerprint density at radius 1 is 0.634 bits per heavy atom. The largest absolute Gasteiger partial charge is 1.00 e. The summed E-state index contributed by atoms with van der Waals surface area (Å²) >= 11 is -4.76. The smallest absolute Gasteiger partial charge is 1.00 e. The van der Waals surface area contributed by atoms with E-state index in [1.165, 1.54) is 45.5 Å². The molecule has 3 heteroatoms. The zero-order valence-corrected chi connectivity index (χ0v) is 29.0. The van der Waals surface area contributed by atoms with Crippen LogP contribution in [0.15, 0.2) is 118 Å². The molecule has 0 bridgehead atoms. The summed E-state index contributed by atoms with van der Waals surface area (Å²) in [7, 11) is 0. The Morgan fingerprint density at radius 2 is 1.05 bits per heavy atom. The predicted molar refractivity (Wildman–Crippen MR) is 167 cm³/mol. The predicted octanol–water partition coefficient (Wildman–Crippen LogP) is 2.66. The fourth-order valence-electron chi connectivity index (χ4n) is 7.57. The van der Waals surface area contributed by atoms with Crippen LogP contribution in [-0.2, 0) is 18.3 Å². The van der Waals surface area contributed by atoms with Crippen molar-refractivity contribution in [1.82, 2.24) is 0 Å². The van der Waals surface area contributed by atoms with Gasteiger partial charge in [-0.3, -0.25) is 0 Å². The van der Waals surface area contributed by atoms with Crippen LogP contribution >= 0.6 is 0 Å². The molecule has 0 aliphatic heterocycles. The molecule has 4 aromatic carbocycles. The summed E-state index contributed by atoms with van der Waals surface area (Å²) in [5, 5.41) is 0. The summed E-state index contributed by atoms with van der Waals surface area (Å²) in [5.41, 5.74) is 9.73. The van der Waals surface area contributed by atoms with Crippen molar-refractivity contribution in [2.24, 2.45) is 11.3 Å². The molecular weight excluding hydrogens is 619 g/mol. The second-order valence-corrected chi connectivity index (χ2v) is 26.4. The third kappa shape index (κ3) is 4.64. The van der Waals surface area contributed by atoms with Crippen LogP contribution in [0, 0.1) is 25.2 Å². The summed E-state index contributed by atoms with van der Waals surface area (Å²) in [6, 6.07) is 37.2. The Morgan fingerprint density at radius 3 is 1.44 bits per heavy atom. The first kappa shape index (κ1) is 31.6. The normalized spacial score (nSPS) is 16.0. The first-order valence-corrected chi connectivity index (χ1v) is 21.2. The van der Waals surface area contributed by atoms with Gasteiger partial charge in [0.25, 0.3) is 0 Å². The third-order valence-corrected chi connectivity index (χ3v) is 27.1. The summed E-state index contributed by atoms with van der Waals surface area (Å²) in [5.74, 6) is 0.324. The molecule has 0 saturated heterocycles. The molecular formula is C38H40Cl2Zr. The topological polar surface area (TPSA) is 0 Å². The van der Waals surface area contributed by atoms with Crippen molar-refractivity contribution in [3.63, 3.8) is 0 Å². The van der Waals surface area contributed by atoms with E-state index >= 15 is 0 Å². The number of fused-ring (bicyclic) bond motifs is 3. The first-order chi connectivity index (χ1) is 18.5. The van der Waals surface area contributed by atoms with Crippen LogP contribution < -0.4 is 31.4 Å². The Balaban J connectivity index is 0.00000194. The van der Waals surface area contributed by atoms with Gasteiger partial charge in [0.1, 0.15) is 0 Å². The number of benzene rings is 4. The molecule has 0 radical (unpaired) electrons. The molecule has 1 atom stereocenters. The number of allylic oxidation sites excluding steroid dienone is 4. The Hall–Kier alpha value is -2.31. The third-order valence-electron chi connectivity index (χ3n) is 9.65. The zero-order chi connectivity index (χ0) is 27.6. The fraction of sp³-hybridized carbons (Fsp3) is 0.237. The SMILES string of the molecule is [CH2]=[Zr+2]([C]1=CC(C(C)(C)C)=CC1C)([c]1ccc(C)cc1)([c]1ccc(C)cc1)[CH]1c2ccccc2-c2ccccc21.[Cl-].[Cl-]. The van der Waals surface area contributed by atoms with Crippen molar-refractivity contribution in [3.8, 4) is 11.1 Å². The summed E-state index contributed by atoms with van der Waals surface area (Å²) < 4.78 is 10.4. The molecule has 0 aromatic heterocycles. The van der Waals surface area contributed by atoms with Gasteiger partial charge < -0.3 is 24.8 Å². The maximum absolute atomic E-state index is 5.74. The first-order valence-electron chi connectivity index (χ1n) is 14.3. The maximum Gasteiger partial charge on any atom is -1.00 e. The number of hydrogen-bond acceptors (Lipinski definition) is 0. The standard InChI is InChI=1S/C13H9.C10H15.2C7H7.CH2.2ClH.Zr/c1-3-7-12-10(5-1)9-11-6-2-4-8-13(11)12;1-8-5-6-9(7-8)10(2,3)4;2*1-7-5-3-2-4-6-7;;;;/h1-9H;6-8H,1-4H3;2*3-6H,1H3;1H2;2*1H;/q;;;;;;;+2/p-2. The minimum atomic E-state index is -4.76. The van der Waals surface area contributed by atoms with Crippen molar-refractivity contribution in [2.45, 2.75) is 45.2 Å². The van der Waals surface area contributed by atoms with Crippen LogP contribution in [0.4, 0.5) is 0 Å². The van der Waals surface area contributed by atoms with Gasteiger partial charge in [0, 0.05) is 0 Å². The van der Waals surface area contributed by atoms with Gasteiger partial charge in [-0.2, -0.15) is 0 Å². The molecule has 2 aliphatic carbocycles. The summed E-state index contributed by atoms with van der Waals surface area (Å²) in [6.45, 7) is 13.8. The van der Waals surface area contributed by atoms with Gasteiger partial charge >= 0.3 is 237 Å². The number of halogens is 2. The van der Waals surface area contributed by atoms with E-state index in [0.29, 0.717) is 5.92 Å². The van der Waals surface area contributed by atoms with Gasteiger partial charge in [0.05, 0.1) is 0 Å². The van der Waals surface area contributed by atoms with E-state index in [1.807, 2.05) is 0 Å². The van der Waals surface area contributed by atoms with Gasteiger partial charge in [-0.15, -0.1) is 0 Å². The number of aryl methyl sites for hydroxylation is 2. The van der Waals surface area contributed by atoms with Gasteiger partial charge in [0.15, 0.2) is 0 Å². The van der Waals surface area contributed by atoms with Crippen LogP contribution in [0.2, 0.25) is 0 Å².